The van der Waals surface area contributed by atoms with Crippen molar-refractivity contribution in [3.63, 3.8) is 0 Å². The Balaban J connectivity index is 1.92. The van der Waals surface area contributed by atoms with Crippen LogP contribution in [0, 0.1) is 14.8 Å². The van der Waals surface area contributed by atoms with E-state index in [-0.39, 0.29) is 18.3 Å². The Kier molecular flexibility index (Phi) is 6.13. The average Bonchev–Trinajstić information content (AvgIpc) is 3.03. The summed E-state index contributed by atoms with van der Waals surface area (Å²) in [5.74, 6) is -0.255. The molecule has 0 saturated heterocycles. The third-order valence-corrected chi connectivity index (χ3v) is 5.38. The lowest BCUT2D eigenvalue weighted by atomic mass is 9.95. The molecular weight excluding hydrogens is 510 g/mol. The molecule has 29 heavy (non-hydrogen) atoms. The third kappa shape index (κ3) is 4.87. The maximum atomic E-state index is 13.9. The second kappa shape index (κ2) is 8.27. The summed E-state index contributed by atoms with van der Waals surface area (Å²) in [5, 5.41) is 7.44. The van der Waals surface area contributed by atoms with Gasteiger partial charge in [0.2, 0.25) is 5.91 Å². The molecule has 0 fully saturated rings. The number of nitrogens with one attached hydrogen (secondary N) is 2. The van der Waals surface area contributed by atoms with E-state index in [2.05, 4.69) is 15.4 Å². The predicted octanol–water partition coefficient (Wildman–Crippen LogP) is 4.29. The fourth-order valence-corrected chi connectivity index (χ4v) is 3.07. The Morgan fingerprint density at radius 2 is 2.00 bits per heavy atom. The highest BCUT2D eigenvalue weighted by Crippen LogP contribution is 2.23. The fraction of sp³-hybridized carbons (Fsp3) is 0.250. The quantitative estimate of drug-likeness (QED) is 0.496. The molecule has 0 aliphatic rings. The molecule has 3 rings (SSSR count). The monoisotopic (exact) mass is 528 g/mol. The lowest BCUT2D eigenvalue weighted by Crippen LogP contribution is -2.34. The number of H-pyrrole nitrogens is 1. The van der Waals surface area contributed by atoms with Crippen LogP contribution in [0.1, 0.15) is 26.3 Å². The van der Waals surface area contributed by atoms with E-state index in [1.807, 2.05) is 43.4 Å². The van der Waals surface area contributed by atoms with Gasteiger partial charge in [-0.25, -0.2) is 9.18 Å². The molecule has 3 aromatic rings. The lowest BCUT2D eigenvalue weighted by molar-refractivity contribution is -0.128. The summed E-state index contributed by atoms with van der Waals surface area (Å²) in [6.45, 7) is 5.77. The van der Waals surface area contributed by atoms with Crippen molar-refractivity contribution in [2.45, 2.75) is 27.3 Å². The predicted molar refractivity (Wildman–Crippen MR) is 119 cm³/mol. The molecule has 1 aromatic heterocycles. The van der Waals surface area contributed by atoms with Gasteiger partial charge in [0.05, 0.1) is 10.7 Å². The van der Waals surface area contributed by atoms with Gasteiger partial charge in [0.25, 0.3) is 0 Å². The van der Waals surface area contributed by atoms with E-state index in [0.29, 0.717) is 19.8 Å². The van der Waals surface area contributed by atoms with Crippen LogP contribution in [0.15, 0.2) is 41.2 Å². The molecule has 0 aliphatic carbocycles. The minimum Gasteiger partial charge on any atom is -0.352 e. The third-order valence-electron chi connectivity index (χ3n) is 4.18. The highest BCUT2D eigenvalue weighted by atomic mass is 127. The Morgan fingerprint density at radius 3 is 2.66 bits per heavy atom. The van der Waals surface area contributed by atoms with Crippen molar-refractivity contribution in [2.75, 3.05) is 0 Å². The van der Waals surface area contributed by atoms with E-state index >= 15 is 0 Å². The molecule has 0 unspecified atom stereocenters. The highest BCUT2D eigenvalue weighted by Gasteiger charge is 2.21. The number of hydrogen-bond donors (Lipinski definition) is 2. The fourth-order valence-electron chi connectivity index (χ4n) is 2.54. The smallest absolute Gasteiger partial charge is 0.348 e. The maximum Gasteiger partial charge on any atom is 0.348 e. The number of carbonyl (C=O) groups is 1. The van der Waals surface area contributed by atoms with Crippen LogP contribution in [0.25, 0.3) is 17.1 Å². The number of carbonyl (C=O) groups excluding carboxylic acids is 1. The molecule has 0 bridgehead atoms. The molecule has 2 aromatic carbocycles. The van der Waals surface area contributed by atoms with Gasteiger partial charge in [-0.1, -0.05) is 38.4 Å². The van der Waals surface area contributed by atoms with Gasteiger partial charge in [-0.15, -0.1) is 5.10 Å². The number of nitrogens with zero attached hydrogens (tertiary/aromatic N) is 2. The average molecular weight is 529 g/mol. The number of halogens is 3. The van der Waals surface area contributed by atoms with Gasteiger partial charge in [0.15, 0.2) is 5.82 Å². The molecule has 2 N–H and O–H groups in total. The van der Waals surface area contributed by atoms with Crippen molar-refractivity contribution in [3.05, 3.63) is 66.9 Å². The highest BCUT2D eigenvalue weighted by molar-refractivity contribution is 14.1. The number of hydrogen-bond acceptors (Lipinski definition) is 3. The van der Waals surface area contributed by atoms with Crippen LogP contribution in [0.4, 0.5) is 4.39 Å². The van der Waals surface area contributed by atoms with Gasteiger partial charge in [-0.2, -0.15) is 4.68 Å². The Hall–Kier alpha value is -2.20. The Morgan fingerprint density at radius 1 is 1.28 bits per heavy atom. The van der Waals surface area contributed by atoms with E-state index in [0.717, 1.165) is 10.2 Å². The minimum absolute atomic E-state index is 0.0889. The van der Waals surface area contributed by atoms with Crippen LogP contribution < -0.4 is 11.0 Å². The van der Waals surface area contributed by atoms with Crippen LogP contribution in [0.3, 0.4) is 0 Å². The molecule has 0 saturated carbocycles. The van der Waals surface area contributed by atoms with Gasteiger partial charge < -0.3 is 5.32 Å². The van der Waals surface area contributed by atoms with Gasteiger partial charge in [-0.3, -0.25) is 9.78 Å². The molecule has 152 valence electrons. The van der Waals surface area contributed by atoms with Crippen LogP contribution in [0.5, 0.6) is 0 Å². The minimum atomic E-state index is -0.508. The molecule has 0 spiro atoms. The second-order valence-electron chi connectivity index (χ2n) is 7.54. The summed E-state index contributed by atoms with van der Waals surface area (Å²) in [4.78, 5) is 27.2. The number of aromatic nitrogens is 3. The summed E-state index contributed by atoms with van der Waals surface area (Å²) in [6.07, 6.45) is 0. The standard InChI is InChI=1S/C20H19ClFIN4O2/c1-20(2,3)18(28)24-10-11-4-6-13(21)16(8-11)27-19(29)25-17(26-27)12-5-7-15(23)14(22)9-12/h4-9H,10H2,1-3H3,(H,24,28)(H,25,26,29). The summed E-state index contributed by atoms with van der Waals surface area (Å²) in [6, 6.07) is 9.68. The lowest BCUT2D eigenvalue weighted by Gasteiger charge is -2.17. The molecule has 6 nitrogen and oxygen atoms in total. The normalized spacial score (nSPS) is 11.5. The topological polar surface area (TPSA) is 79.8 Å². The number of amides is 1. The first-order valence-corrected chi connectivity index (χ1v) is 10.2. The van der Waals surface area contributed by atoms with Gasteiger partial charge in [0, 0.05) is 21.1 Å². The summed E-state index contributed by atoms with van der Waals surface area (Å²) < 4.78 is 15.5. The zero-order chi connectivity index (χ0) is 21.3. The zero-order valence-corrected chi connectivity index (χ0v) is 18.9. The van der Waals surface area contributed by atoms with E-state index in [1.165, 1.54) is 6.07 Å². The van der Waals surface area contributed by atoms with Crippen molar-refractivity contribution >= 4 is 40.1 Å². The Bertz CT molecular complexity index is 1130. The first kappa shape index (κ1) is 21.5. The van der Waals surface area contributed by atoms with Crippen molar-refractivity contribution in [3.8, 4) is 17.1 Å². The SMILES string of the molecule is CC(C)(C)C(=O)NCc1ccc(Cl)c(-n2nc(-c3ccc(I)c(F)c3)[nH]c2=O)c1. The first-order valence-electron chi connectivity index (χ1n) is 8.78. The molecular formula is C20H19ClFIN4O2. The number of rotatable bonds is 4. The van der Waals surface area contributed by atoms with Crippen LogP contribution in [-0.2, 0) is 11.3 Å². The summed E-state index contributed by atoms with van der Waals surface area (Å²) >= 11 is 8.16. The van der Waals surface area contributed by atoms with Crippen molar-refractivity contribution in [2.24, 2.45) is 5.41 Å². The van der Waals surface area contributed by atoms with E-state index < -0.39 is 16.9 Å². The second-order valence-corrected chi connectivity index (χ2v) is 9.11. The number of benzene rings is 2. The largest absolute Gasteiger partial charge is 0.352 e. The van der Waals surface area contributed by atoms with E-state index in [1.54, 1.807) is 30.3 Å². The molecule has 1 heterocycles. The first-order chi connectivity index (χ1) is 13.6. The van der Waals surface area contributed by atoms with Crippen molar-refractivity contribution in [1.29, 1.82) is 0 Å². The van der Waals surface area contributed by atoms with E-state index in [4.69, 9.17) is 11.6 Å². The van der Waals surface area contributed by atoms with Gasteiger partial charge >= 0.3 is 5.69 Å². The van der Waals surface area contributed by atoms with Gasteiger partial charge in [0.1, 0.15) is 5.82 Å². The molecule has 1 amide bonds. The van der Waals surface area contributed by atoms with Crippen molar-refractivity contribution < 1.29 is 9.18 Å². The zero-order valence-electron chi connectivity index (χ0n) is 16.0. The van der Waals surface area contributed by atoms with Crippen molar-refractivity contribution in [1.82, 2.24) is 20.1 Å². The molecule has 9 heteroatoms. The Labute approximate surface area is 185 Å². The molecule has 0 atom stereocenters. The molecule has 0 aliphatic heterocycles. The summed E-state index contributed by atoms with van der Waals surface area (Å²) in [5.41, 5.74) is 0.568. The maximum absolute atomic E-state index is 13.9. The van der Waals surface area contributed by atoms with Crippen LogP contribution in [-0.4, -0.2) is 20.7 Å². The van der Waals surface area contributed by atoms with E-state index in [9.17, 15) is 14.0 Å². The van der Waals surface area contributed by atoms with Gasteiger partial charge in [-0.05, 0) is 58.5 Å². The van der Waals surface area contributed by atoms with Crippen LogP contribution in [0.2, 0.25) is 5.02 Å². The molecule has 0 radical (unpaired) electrons. The number of aromatic amines is 1. The summed E-state index contributed by atoms with van der Waals surface area (Å²) in [7, 11) is 0. The van der Waals surface area contributed by atoms with Crippen LogP contribution >= 0.6 is 34.2 Å².